The van der Waals surface area contributed by atoms with E-state index in [2.05, 4.69) is 19.9 Å². The Labute approximate surface area is 114 Å². The van der Waals surface area contributed by atoms with Gasteiger partial charge in [-0.2, -0.15) is 5.26 Å². The summed E-state index contributed by atoms with van der Waals surface area (Å²) in [4.78, 5) is 14.2. The first-order valence-corrected chi connectivity index (χ1v) is 6.48. The Morgan fingerprint density at radius 2 is 2.16 bits per heavy atom. The van der Waals surface area contributed by atoms with Crippen molar-refractivity contribution in [3.05, 3.63) is 29.3 Å². The quantitative estimate of drug-likeness (QED) is 0.826. The highest BCUT2D eigenvalue weighted by Gasteiger charge is 2.18. The van der Waals surface area contributed by atoms with Gasteiger partial charge in [-0.05, 0) is 36.6 Å². The lowest BCUT2D eigenvalue weighted by Crippen LogP contribution is -2.35. The fraction of sp³-hybridized carbons (Fsp3) is 0.467. The number of nitrogen functional groups attached to an aromatic ring is 1. The summed E-state index contributed by atoms with van der Waals surface area (Å²) < 4.78 is 0. The number of amides is 1. The fourth-order valence-corrected chi connectivity index (χ4v) is 2.00. The first-order chi connectivity index (χ1) is 8.95. The minimum atomic E-state index is -0.0264. The van der Waals surface area contributed by atoms with E-state index in [-0.39, 0.29) is 5.91 Å². The molecule has 0 atom stereocenters. The van der Waals surface area contributed by atoms with Crippen LogP contribution in [0.15, 0.2) is 18.2 Å². The Morgan fingerprint density at radius 3 is 2.68 bits per heavy atom. The van der Waals surface area contributed by atoms with E-state index in [4.69, 9.17) is 11.0 Å². The standard InChI is InChI=1S/C15H21N3O/c1-11(2)10-18(8-4-7-16)15(19)14-6-5-13(17)9-12(14)3/h5-6,9,11H,4,8,10,17H2,1-3H3. The van der Waals surface area contributed by atoms with Crippen molar-refractivity contribution in [1.29, 1.82) is 5.26 Å². The third kappa shape index (κ3) is 4.29. The van der Waals surface area contributed by atoms with Crippen LogP contribution in [0.2, 0.25) is 0 Å². The van der Waals surface area contributed by atoms with E-state index in [1.807, 2.05) is 6.92 Å². The van der Waals surface area contributed by atoms with Crippen LogP contribution in [-0.4, -0.2) is 23.9 Å². The van der Waals surface area contributed by atoms with Crippen molar-refractivity contribution in [2.75, 3.05) is 18.8 Å². The molecule has 102 valence electrons. The Hall–Kier alpha value is -2.02. The summed E-state index contributed by atoms with van der Waals surface area (Å²) in [6.07, 6.45) is 0.354. The molecule has 0 aliphatic rings. The van der Waals surface area contributed by atoms with Crippen LogP contribution >= 0.6 is 0 Å². The second kappa shape index (κ2) is 6.79. The Bertz CT molecular complexity index is 489. The number of benzene rings is 1. The van der Waals surface area contributed by atoms with Crippen molar-refractivity contribution in [1.82, 2.24) is 4.90 Å². The summed E-state index contributed by atoms with van der Waals surface area (Å²) in [7, 11) is 0. The highest BCUT2D eigenvalue weighted by atomic mass is 16.2. The first-order valence-electron chi connectivity index (χ1n) is 6.48. The van der Waals surface area contributed by atoms with Crippen LogP contribution < -0.4 is 5.73 Å². The SMILES string of the molecule is Cc1cc(N)ccc1C(=O)N(CCC#N)CC(C)C. The zero-order chi connectivity index (χ0) is 14.4. The van der Waals surface area contributed by atoms with Crippen LogP contribution in [0.4, 0.5) is 5.69 Å². The lowest BCUT2D eigenvalue weighted by molar-refractivity contribution is 0.0739. The van der Waals surface area contributed by atoms with Crippen molar-refractivity contribution >= 4 is 11.6 Å². The number of nitrogens with two attached hydrogens (primary N) is 1. The maximum atomic E-state index is 12.5. The molecular formula is C15H21N3O. The average Bonchev–Trinajstić information content (AvgIpc) is 2.33. The van der Waals surface area contributed by atoms with Crippen molar-refractivity contribution in [2.24, 2.45) is 5.92 Å². The maximum Gasteiger partial charge on any atom is 0.254 e. The third-order valence-electron chi connectivity index (χ3n) is 2.85. The molecule has 1 rings (SSSR count). The average molecular weight is 259 g/mol. The molecule has 0 aliphatic carbocycles. The van der Waals surface area contributed by atoms with Gasteiger partial charge in [0.1, 0.15) is 0 Å². The molecule has 0 heterocycles. The Balaban J connectivity index is 2.94. The van der Waals surface area contributed by atoms with Crippen molar-refractivity contribution < 1.29 is 4.79 Å². The van der Waals surface area contributed by atoms with E-state index >= 15 is 0 Å². The molecule has 0 bridgehead atoms. The zero-order valence-electron chi connectivity index (χ0n) is 11.8. The number of aryl methyl sites for hydroxylation is 1. The smallest absolute Gasteiger partial charge is 0.254 e. The molecule has 0 radical (unpaired) electrons. The van der Waals surface area contributed by atoms with Crippen molar-refractivity contribution in [2.45, 2.75) is 27.2 Å². The van der Waals surface area contributed by atoms with Gasteiger partial charge in [-0.3, -0.25) is 4.79 Å². The molecule has 0 saturated heterocycles. The van der Waals surface area contributed by atoms with Gasteiger partial charge in [0.25, 0.3) is 5.91 Å². The Morgan fingerprint density at radius 1 is 1.47 bits per heavy atom. The van der Waals surface area contributed by atoms with E-state index in [1.165, 1.54) is 0 Å². The highest BCUT2D eigenvalue weighted by Crippen LogP contribution is 2.16. The molecule has 4 heteroatoms. The predicted molar refractivity (Wildman–Crippen MR) is 76.6 cm³/mol. The van der Waals surface area contributed by atoms with E-state index < -0.39 is 0 Å². The highest BCUT2D eigenvalue weighted by molar-refractivity contribution is 5.96. The van der Waals surface area contributed by atoms with Gasteiger partial charge in [-0.15, -0.1) is 0 Å². The van der Waals surface area contributed by atoms with Crippen molar-refractivity contribution in [3.8, 4) is 6.07 Å². The van der Waals surface area contributed by atoms with Crippen molar-refractivity contribution in [3.63, 3.8) is 0 Å². The normalized spacial score (nSPS) is 10.3. The summed E-state index contributed by atoms with van der Waals surface area (Å²) in [6, 6.07) is 7.38. The van der Waals surface area contributed by atoms with Gasteiger partial charge in [0.05, 0.1) is 12.5 Å². The lowest BCUT2D eigenvalue weighted by atomic mass is 10.1. The largest absolute Gasteiger partial charge is 0.399 e. The number of anilines is 1. The number of hydrogen-bond donors (Lipinski definition) is 1. The van der Waals surface area contributed by atoms with E-state index in [0.29, 0.717) is 36.7 Å². The minimum absolute atomic E-state index is 0.0264. The Kier molecular flexibility index (Phi) is 5.37. The number of carbonyl (C=O) groups excluding carboxylic acids is 1. The van der Waals surface area contributed by atoms with E-state index in [9.17, 15) is 4.79 Å². The second-order valence-corrected chi connectivity index (χ2v) is 5.13. The van der Waals surface area contributed by atoms with E-state index in [1.54, 1.807) is 23.1 Å². The summed E-state index contributed by atoms with van der Waals surface area (Å²) >= 11 is 0. The molecule has 1 aromatic carbocycles. The molecule has 19 heavy (non-hydrogen) atoms. The molecule has 0 fully saturated rings. The monoisotopic (exact) mass is 259 g/mol. The van der Waals surface area contributed by atoms with Crippen LogP contribution in [0.25, 0.3) is 0 Å². The summed E-state index contributed by atoms with van der Waals surface area (Å²) in [6.45, 7) is 7.12. The maximum absolute atomic E-state index is 12.5. The van der Waals surface area contributed by atoms with Gasteiger partial charge in [0.15, 0.2) is 0 Å². The van der Waals surface area contributed by atoms with Gasteiger partial charge in [0, 0.05) is 24.3 Å². The van der Waals surface area contributed by atoms with Gasteiger partial charge in [-0.1, -0.05) is 13.8 Å². The van der Waals surface area contributed by atoms with Crippen LogP contribution in [0.3, 0.4) is 0 Å². The molecule has 2 N–H and O–H groups in total. The van der Waals surface area contributed by atoms with Crippen LogP contribution in [0.5, 0.6) is 0 Å². The van der Waals surface area contributed by atoms with Crippen LogP contribution in [0.1, 0.15) is 36.2 Å². The van der Waals surface area contributed by atoms with Crippen LogP contribution in [-0.2, 0) is 0 Å². The molecule has 1 aromatic rings. The summed E-state index contributed by atoms with van der Waals surface area (Å²) in [5.74, 6) is 0.346. The van der Waals surface area contributed by atoms with E-state index in [0.717, 1.165) is 5.56 Å². The molecule has 0 spiro atoms. The molecule has 0 aliphatic heterocycles. The number of rotatable bonds is 5. The number of carbonyl (C=O) groups is 1. The number of nitrogens with zero attached hydrogens (tertiary/aromatic N) is 2. The minimum Gasteiger partial charge on any atom is -0.399 e. The molecule has 0 unspecified atom stereocenters. The lowest BCUT2D eigenvalue weighted by Gasteiger charge is -2.24. The number of hydrogen-bond acceptors (Lipinski definition) is 3. The predicted octanol–water partition coefficient (Wildman–Crippen LogP) is 2.59. The van der Waals surface area contributed by atoms with Gasteiger partial charge >= 0.3 is 0 Å². The number of nitriles is 1. The van der Waals surface area contributed by atoms with Gasteiger partial charge in [-0.25, -0.2) is 0 Å². The first kappa shape index (κ1) is 15.0. The second-order valence-electron chi connectivity index (χ2n) is 5.13. The molecular weight excluding hydrogens is 238 g/mol. The summed E-state index contributed by atoms with van der Waals surface area (Å²) in [5.41, 5.74) is 7.88. The topological polar surface area (TPSA) is 70.1 Å². The molecule has 1 amide bonds. The zero-order valence-corrected chi connectivity index (χ0v) is 11.8. The summed E-state index contributed by atoms with van der Waals surface area (Å²) in [5, 5.41) is 8.69. The van der Waals surface area contributed by atoms with Gasteiger partial charge < -0.3 is 10.6 Å². The van der Waals surface area contributed by atoms with Gasteiger partial charge in [0.2, 0.25) is 0 Å². The fourth-order valence-electron chi connectivity index (χ4n) is 2.00. The molecule has 0 saturated carbocycles. The third-order valence-corrected chi connectivity index (χ3v) is 2.85. The molecule has 4 nitrogen and oxygen atoms in total. The van der Waals surface area contributed by atoms with Crippen LogP contribution in [0, 0.1) is 24.2 Å². The molecule has 0 aromatic heterocycles.